The molecule has 284 valence electrons. The third-order valence-corrected chi connectivity index (χ3v) is 15.1. The molecule has 2 heteroatoms. The zero-order chi connectivity index (χ0) is 40.1. The molecule has 1 nitrogen and oxygen atoms in total. The second kappa shape index (κ2) is 11.9. The highest BCUT2D eigenvalue weighted by molar-refractivity contribution is 7.26. The highest BCUT2D eigenvalue weighted by atomic mass is 32.1. The summed E-state index contributed by atoms with van der Waals surface area (Å²) in [5, 5.41) is 17.9. The zero-order valence-electron chi connectivity index (χ0n) is 33.6. The summed E-state index contributed by atoms with van der Waals surface area (Å²) in [6.07, 6.45) is 0. The number of thiophene rings is 1. The van der Waals surface area contributed by atoms with Gasteiger partial charge in [0, 0.05) is 36.4 Å². The Morgan fingerprint density at radius 2 is 0.918 bits per heavy atom. The van der Waals surface area contributed by atoms with E-state index in [-0.39, 0.29) is 5.41 Å². The van der Waals surface area contributed by atoms with Gasteiger partial charge in [0.05, 0.1) is 0 Å². The smallest absolute Gasteiger partial charge is 0.135 e. The molecule has 0 radical (unpaired) electrons. The zero-order valence-corrected chi connectivity index (χ0v) is 34.5. The second-order valence-corrected chi connectivity index (χ2v) is 18.7. The Bertz CT molecular complexity index is 4080. The first kappa shape index (κ1) is 33.6. The second-order valence-electron chi connectivity index (χ2n) is 17.6. The molecule has 11 aromatic carbocycles. The summed E-state index contributed by atoms with van der Waals surface area (Å²) >= 11 is 1.90. The highest BCUT2D eigenvalue weighted by Gasteiger charge is 2.36. The van der Waals surface area contributed by atoms with Crippen LogP contribution < -0.4 is 0 Å². The molecule has 13 aromatic rings. The molecule has 0 N–H and O–H groups in total. The molecule has 1 aliphatic carbocycles. The largest absolute Gasteiger partial charge is 0.456 e. The SMILES string of the molecule is CC1(C)c2ccc(-c3ccc4oc5ccc(-c6ccc7c(c6)c6ccccc6c6ccc8sc9cc%10ccccc%10cc9c8c67)cc5c4c3)cc2-c2c1ccc1ccccc21. The first-order valence-corrected chi connectivity index (χ1v) is 22.0. The molecule has 0 atom stereocenters. The number of hydrogen-bond donors (Lipinski definition) is 0. The lowest BCUT2D eigenvalue weighted by atomic mass is 9.82. The monoisotopic (exact) mass is 792 g/mol. The van der Waals surface area contributed by atoms with E-state index < -0.39 is 0 Å². The Morgan fingerprint density at radius 3 is 1.67 bits per heavy atom. The maximum absolute atomic E-state index is 6.50. The van der Waals surface area contributed by atoms with Gasteiger partial charge in [-0.25, -0.2) is 0 Å². The molecular weight excluding hydrogens is 757 g/mol. The van der Waals surface area contributed by atoms with Gasteiger partial charge in [-0.15, -0.1) is 11.3 Å². The minimum Gasteiger partial charge on any atom is -0.456 e. The van der Waals surface area contributed by atoms with Crippen LogP contribution in [0.1, 0.15) is 25.0 Å². The number of furan rings is 1. The Balaban J connectivity index is 0.938. The van der Waals surface area contributed by atoms with Crippen LogP contribution >= 0.6 is 11.3 Å². The molecule has 0 unspecified atom stereocenters. The molecular formula is C59H36OS. The normalized spacial score (nSPS) is 13.5. The van der Waals surface area contributed by atoms with E-state index in [0.29, 0.717) is 0 Å². The maximum atomic E-state index is 6.50. The van der Waals surface area contributed by atoms with Crippen molar-refractivity contribution in [3.05, 3.63) is 193 Å². The van der Waals surface area contributed by atoms with E-state index in [9.17, 15) is 0 Å². The van der Waals surface area contributed by atoms with Crippen LogP contribution in [0.2, 0.25) is 0 Å². The van der Waals surface area contributed by atoms with Crippen LogP contribution in [-0.2, 0) is 5.41 Å². The van der Waals surface area contributed by atoms with Gasteiger partial charge in [-0.1, -0.05) is 141 Å². The maximum Gasteiger partial charge on any atom is 0.135 e. The van der Waals surface area contributed by atoms with Crippen LogP contribution in [0.3, 0.4) is 0 Å². The Hall–Kier alpha value is -7.26. The van der Waals surface area contributed by atoms with Crippen LogP contribution in [0, 0.1) is 0 Å². The average molecular weight is 793 g/mol. The van der Waals surface area contributed by atoms with Gasteiger partial charge < -0.3 is 4.42 Å². The lowest BCUT2D eigenvalue weighted by molar-refractivity contribution is 0.661. The van der Waals surface area contributed by atoms with Crippen LogP contribution in [0.15, 0.2) is 186 Å². The molecule has 61 heavy (non-hydrogen) atoms. The number of hydrogen-bond acceptors (Lipinski definition) is 2. The summed E-state index contributed by atoms with van der Waals surface area (Å²) in [4.78, 5) is 0. The van der Waals surface area contributed by atoms with Crippen molar-refractivity contribution < 1.29 is 4.42 Å². The van der Waals surface area contributed by atoms with E-state index in [4.69, 9.17) is 4.42 Å². The van der Waals surface area contributed by atoms with Crippen molar-refractivity contribution in [2.24, 2.45) is 0 Å². The van der Waals surface area contributed by atoms with E-state index in [0.717, 1.165) is 21.9 Å². The van der Waals surface area contributed by atoms with Gasteiger partial charge >= 0.3 is 0 Å². The highest BCUT2D eigenvalue weighted by Crippen LogP contribution is 2.52. The fraction of sp³-hybridized carbons (Fsp3) is 0.0508. The minimum absolute atomic E-state index is 0.0592. The van der Waals surface area contributed by atoms with E-state index in [1.165, 1.54) is 119 Å². The molecule has 14 rings (SSSR count). The van der Waals surface area contributed by atoms with E-state index in [2.05, 4.69) is 196 Å². The predicted octanol–water partition coefficient (Wildman–Crippen LogP) is 17.4. The number of benzene rings is 11. The fourth-order valence-corrected chi connectivity index (χ4v) is 12.2. The summed E-state index contributed by atoms with van der Waals surface area (Å²) in [5.74, 6) is 0. The minimum atomic E-state index is -0.0592. The quantitative estimate of drug-likeness (QED) is 0.159. The Kier molecular flexibility index (Phi) is 6.57. The number of fused-ring (bicyclic) bond motifs is 19. The average Bonchev–Trinajstić information content (AvgIpc) is 3.94. The molecule has 2 heterocycles. The van der Waals surface area contributed by atoms with Gasteiger partial charge in [0.1, 0.15) is 11.2 Å². The molecule has 2 aromatic heterocycles. The molecule has 0 spiro atoms. The van der Waals surface area contributed by atoms with Gasteiger partial charge in [0.15, 0.2) is 0 Å². The van der Waals surface area contributed by atoms with Crippen LogP contribution in [0.4, 0.5) is 0 Å². The van der Waals surface area contributed by atoms with Gasteiger partial charge in [-0.3, -0.25) is 0 Å². The van der Waals surface area contributed by atoms with E-state index in [1.807, 2.05) is 11.3 Å². The summed E-state index contributed by atoms with van der Waals surface area (Å²) in [7, 11) is 0. The van der Waals surface area contributed by atoms with E-state index >= 15 is 0 Å². The summed E-state index contributed by atoms with van der Waals surface area (Å²) in [6.45, 7) is 4.72. The first-order valence-electron chi connectivity index (χ1n) is 21.2. The summed E-state index contributed by atoms with van der Waals surface area (Å²) < 4.78 is 9.17. The van der Waals surface area contributed by atoms with Gasteiger partial charge in [0.2, 0.25) is 0 Å². The third kappa shape index (κ3) is 4.60. The van der Waals surface area contributed by atoms with Crippen molar-refractivity contribution in [2.45, 2.75) is 19.3 Å². The van der Waals surface area contributed by atoms with Crippen LogP contribution in [-0.4, -0.2) is 0 Å². The molecule has 0 aliphatic heterocycles. The summed E-state index contributed by atoms with van der Waals surface area (Å²) in [6, 6.07) is 68.1. The standard InChI is InChI=1S/C59H36OS/c1-59(2)50-22-17-37(30-48(50)56-40-12-6-5-9-33(40)16-23-51(56)59)39-19-25-53-47(29-39)46-28-38(18-24-52(46)60-53)36-15-20-44-45(27-36)42-14-8-7-13-41(42)43-21-26-54-58(57(43)44)49-31-34-10-3-4-11-35(34)32-55(49)61-54/h3-32H,1-2H3. The van der Waals surface area contributed by atoms with E-state index in [1.54, 1.807) is 0 Å². The molecule has 0 saturated carbocycles. The fourth-order valence-electron chi connectivity index (χ4n) is 11.0. The van der Waals surface area contributed by atoms with Crippen molar-refractivity contribution in [3.8, 4) is 33.4 Å². The van der Waals surface area contributed by atoms with Crippen molar-refractivity contribution in [1.82, 2.24) is 0 Å². The number of rotatable bonds is 2. The van der Waals surface area contributed by atoms with Crippen molar-refractivity contribution in [2.75, 3.05) is 0 Å². The van der Waals surface area contributed by atoms with Crippen LogP contribution in [0.25, 0.3) is 129 Å². The molecule has 0 saturated heterocycles. The predicted molar refractivity (Wildman–Crippen MR) is 263 cm³/mol. The molecule has 1 aliphatic rings. The Labute approximate surface area is 355 Å². The van der Waals surface area contributed by atoms with Gasteiger partial charge in [0.25, 0.3) is 0 Å². The molecule has 0 fully saturated rings. The first-order chi connectivity index (χ1) is 30.0. The molecule has 0 bridgehead atoms. The van der Waals surface area contributed by atoms with Crippen LogP contribution in [0.5, 0.6) is 0 Å². The van der Waals surface area contributed by atoms with Gasteiger partial charge in [-0.05, 0) is 153 Å². The Morgan fingerprint density at radius 1 is 0.361 bits per heavy atom. The van der Waals surface area contributed by atoms with Gasteiger partial charge in [-0.2, -0.15) is 0 Å². The van der Waals surface area contributed by atoms with Crippen molar-refractivity contribution >= 4 is 107 Å². The van der Waals surface area contributed by atoms with Crippen molar-refractivity contribution in [3.63, 3.8) is 0 Å². The lowest BCUT2D eigenvalue weighted by Crippen LogP contribution is -2.14. The third-order valence-electron chi connectivity index (χ3n) is 14.0. The van der Waals surface area contributed by atoms with Crippen molar-refractivity contribution in [1.29, 1.82) is 0 Å². The lowest BCUT2D eigenvalue weighted by Gasteiger charge is -2.21. The topological polar surface area (TPSA) is 13.1 Å². The molecule has 0 amide bonds. The summed E-state index contributed by atoms with van der Waals surface area (Å²) in [5.41, 5.74) is 12.1.